The van der Waals surface area contributed by atoms with Crippen LogP contribution >= 0.6 is 0 Å². The number of hydrogen-bond donors (Lipinski definition) is 2. The van der Waals surface area contributed by atoms with Crippen molar-refractivity contribution in [3.8, 4) is 11.5 Å². The molecule has 0 aliphatic carbocycles. The van der Waals surface area contributed by atoms with Crippen LogP contribution < -0.4 is 4.74 Å². The van der Waals surface area contributed by atoms with Crippen LogP contribution in [0.4, 0.5) is 4.39 Å². The summed E-state index contributed by atoms with van der Waals surface area (Å²) >= 11 is 0. The maximum absolute atomic E-state index is 13.8. The van der Waals surface area contributed by atoms with Crippen LogP contribution in [0.5, 0.6) is 11.5 Å². The molecular formula is C15H15FO3. The highest BCUT2D eigenvalue weighted by Gasteiger charge is 2.14. The van der Waals surface area contributed by atoms with Crippen molar-refractivity contribution >= 4 is 0 Å². The van der Waals surface area contributed by atoms with Crippen molar-refractivity contribution < 1.29 is 19.3 Å². The van der Waals surface area contributed by atoms with Crippen molar-refractivity contribution in [1.82, 2.24) is 0 Å². The summed E-state index contributed by atoms with van der Waals surface area (Å²) in [5, 5.41) is 18.7. The second-order valence-corrected chi connectivity index (χ2v) is 4.24. The van der Waals surface area contributed by atoms with Crippen LogP contribution in [0.25, 0.3) is 0 Å². The second-order valence-electron chi connectivity index (χ2n) is 4.24. The van der Waals surface area contributed by atoms with Crippen molar-refractivity contribution in [2.75, 3.05) is 0 Å². The van der Waals surface area contributed by atoms with Crippen molar-refractivity contribution in [2.24, 2.45) is 0 Å². The normalized spacial score (nSPS) is 12.2. The first-order valence-electron chi connectivity index (χ1n) is 5.96. The Bertz CT molecular complexity index is 567. The average Bonchev–Trinajstić information content (AvgIpc) is 2.41. The van der Waals surface area contributed by atoms with Gasteiger partial charge in [-0.15, -0.1) is 0 Å². The van der Waals surface area contributed by atoms with E-state index >= 15 is 0 Å². The Labute approximate surface area is 110 Å². The molecule has 2 rings (SSSR count). The Morgan fingerprint density at radius 3 is 2.63 bits per heavy atom. The Balaban J connectivity index is 2.37. The summed E-state index contributed by atoms with van der Waals surface area (Å²) < 4.78 is 19.3. The fourth-order valence-corrected chi connectivity index (χ4v) is 1.79. The van der Waals surface area contributed by atoms with E-state index in [1.54, 1.807) is 37.3 Å². The monoisotopic (exact) mass is 262 g/mol. The molecular weight excluding hydrogens is 247 g/mol. The van der Waals surface area contributed by atoms with E-state index in [0.29, 0.717) is 16.9 Å². The SMILES string of the molecule is CC(O)c1cccc(F)c1Oc1cccc(CO)c1. The molecule has 0 saturated heterocycles. The molecule has 0 amide bonds. The third-order valence-corrected chi connectivity index (χ3v) is 2.75. The molecule has 2 N–H and O–H groups in total. The molecule has 0 fully saturated rings. The lowest BCUT2D eigenvalue weighted by molar-refractivity contribution is 0.194. The van der Waals surface area contributed by atoms with Crippen LogP contribution in [0.15, 0.2) is 42.5 Å². The lowest BCUT2D eigenvalue weighted by Crippen LogP contribution is -1.99. The highest BCUT2D eigenvalue weighted by atomic mass is 19.1. The van der Waals surface area contributed by atoms with E-state index in [1.807, 2.05) is 0 Å². The molecule has 0 saturated carbocycles. The summed E-state index contributed by atoms with van der Waals surface area (Å²) in [6.45, 7) is 1.43. The van der Waals surface area contributed by atoms with Gasteiger partial charge < -0.3 is 14.9 Å². The van der Waals surface area contributed by atoms with E-state index in [-0.39, 0.29) is 12.4 Å². The minimum absolute atomic E-state index is 0.00703. The standard InChI is InChI=1S/C15H15FO3/c1-10(18)13-6-3-7-14(16)15(13)19-12-5-2-4-11(8-12)9-17/h2-8,10,17-18H,9H2,1H3. The zero-order chi connectivity index (χ0) is 13.8. The van der Waals surface area contributed by atoms with Gasteiger partial charge in [0.2, 0.25) is 0 Å². The van der Waals surface area contributed by atoms with Gasteiger partial charge in [-0.25, -0.2) is 4.39 Å². The maximum Gasteiger partial charge on any atom is 0.168 e. The lowest BCUT2D eigenvalue weighted by Gasteiger charge is -2.14. The van der Waals surface area contributed by atoms with E-state index in [2.05, 4.69) is 0 Å². The van der Waals surface area contributed by atoms with Crippen LogP contribution in [0, 0.1) is 5.82 Å². The first kappa shape index (κ1) is 13.5. The maximum atomic E-state index is 13.8. The van der Waals surface area contributed by atoms with Crippen molar-refractivity contribution in [3.63, 3.8) is 0 Å². The van der Waals surface area contributed by atoms with Crippen LogP contribution in [-0.2, 0) is 6.61 Å². The van der Waals surface area contributed by atoms with Gasteiger partial charge in [-0.3, -0.25) is 0 Å². The number of aliphatic hydroxyl groups excluding tert-OH is 2. The molecule has 3 nitrogen and oxygen atoms in total. The molecule has 100 valence electrons. The van der Waals surface area contributed by atoms with Crippen LogP contribution in [0.3, 0.4) is 0 Å². The molecule has 0 heterocycles. The van der Waals surface area contributed by atoms with E-state index in [9.17, 15) is 9.50 Å². The molecule has 1 atom stereocenters. The molecule has 2 aromatic rings. The van der Waals surface area contributed by atoms with Crippen LogP contribution in [-0.4, -0.2) is 10.2 Å². The van der Waals surface area contributed by atoms with E-state index in [1.165, 1.54) is 12.1 Å². The minimum atomic E-state index is -0.827. The largest absolute Gasteiger partial charge is 0.454 e. The van der Waals surface area contributed by atoms with Gasteiger partial charge in [-0.2, -0.15) is 0 Å². The first-order chi connectivity index (χ1) is 9.11. The summed E-state index contributed by atoms with van der Waals surface area (Å²) in [6, 6.07) is 11.1. The van der Waals surface area contributed by atoms with Crippen LogP contribution in [0.2, 0.25) is 0 Å². The molecule has 0 aliphatic rings. The number of aliphatic hydroxyl groups is 2. The average molecular weight is 262 g/mol. The summed E-state index contributed by atoms with van der Waals surface area (Å²) in [6.07, 6.45) is -0.827. The molecule has 2 aromatic carbocycles. The Kier molecular flexibility index (Phi) is 4.14. The van der Waals surface area contributed by atoms with E-state index < -0.39 is 11.9 Å². The summed E-state index contributed by atoms with van der Waals surface area (Å²) in [4.78, 5) is 0. The van der Waals surface area contributed by atoms with Gasteiger partial charge in [0.25, 0.3) is 0 Å². The highest BCUT2D eigenvalue weighted by molar-refractivity contribution is 5.41. The molecule has 0 radical (unpaired) electrons. The summed E-state index contributed by atoms with van der Waals surface area (Å²) in [5.74, 6) is -0.112. The van der Waals surface area contributed by atoms with Crippen LogP contribution in [0.1, 0.15) is 24.2 Å². The van der Waals surface area contributed by atoms with E-state index in [0.717, 1.165) is 0 Å². The van der Waals surface area contributed by atoms with Gasteiger partial charge in [0.05, 0.1) is 12.7 Å². The number of halogens is 1. The predicted octanol–water partition coefficient (Wildman–Crippen LogP) is 3.16. The molecule has 0 bridgehead atoms. The van der Waals surface area contributed by atoms with Gasteiger partial charge in [0, 0.05) is 5.56 Å². The third kappa shape index (κ3) is 3.10. The fraction of sp³-hybridized carbons (Fsp3) is 0.200. The summed E-state index contributed by atoms with van der Waals surface area (Å²) in [5.41, 5.74) is 1.06. The Morgan fingerprint density at radius 2 is 1.95 bits per heavy atom. The molecule has 19 heavy (non-hydrogen) atoms. The third-order valence-electron chi connectivity index (χ3n) is 2.75. The smallest absolute Gasteiger partial charge is 0.168 e. The number of ether oxygens (including phenoxy) is 1. The fourth-order valence-electron chi connectivity index (χ4n) is 1.79. The number of hydrogen-bond acceptors (Lipinski definition) is 3. The quantitative estimate of drug-likeness (QED) is 0.889. The first-order valence-corrected chi connectivity index (χ1v) is 5.96. The topological polar surface area (TPSA) is 49.7 Å². The number of rotatable bonds is 4. The van der Waals surface area contributed by atoms with Gasteiger partial charge >= 0.3 is 0 Å². The Morgan fingerprint density at radius 1 is 1.21 bits per heavy atom. The van der Waals surface area contributed by atoms with Gasteiger partial charge in [0.1, 0.15) is 5.75 Å². The zero-order valence-electron chi connectivity index (χ0n) is 10.5. The molecule has 0 spiro atoms. The van der Waals surface area contributed by atoms with Crippen molar-refractivity contribution in [3.05, 3.63) is 59.4 Å². The van der Waals surface area contributed by atoms with Gasteiger partial charge in [0.15, 0.2) is 11.6 Å². The van der Waals surface area contributed by atoms with E-state index in [4.69, 9.17) is 9.84 Å². The number of para-hydroxylation sites is 1. The minimum Gasteiger partial charge on any atom is -0.454 e. The zero-order valence-corrected chi connectivity index (χ0v) is 10.5. The predicted molar refractivity (Wildman–Crippen MR) is 69.5 cm³/mol. The Hall–Kier alpha value is -1.91. The second kappa shape index (κ2) is 5.82. The lowest BCUT2D eigenvalue weighted by atomic mass is 10.1. The molecule has 1 unspecified atom stereocenters. The highest BCUT2D eigenvalue weighted by Crippen LogP contribution is 2.32. The number of benzene rings is 2. The van der Waals surface area contributed by atoms with Crippen molar-refractivity contribution in [1.29, 1.82) is 0 Å². The van der Waals surface area contributed by atoms with Gasteiger partial charge in [-0.1, -0.05) is 24.3 Å². The van der Waals surface area contributed by atoms with Gasteiger partial charge in [-0.05, 0) is 30.7 Å². The molecule has 0 aromatic heterocycles. The molecule has 0 aliphatic heterocycles. The van der Waals surface area contributed by atoms with Crippen molar-refractivity contribution in [2.45, 2.75) is 19.6 Å². The summed E-state index contributed by atoms with van der Waals surface area (Å²) in [7, 11) is 0. The molecule has 4 heteroatoms.